The van der Waals surface area contributed by atoms with Crippen molar-refractivity contribution in [3.8, 4) is 0 Å². The van der Waals surface area contributed by atoms with E-state index in [-0.39, 0.29) is 7.92 Å². The van der Waals surface area contributed by atoms with Crippen LogP contribution in [0.5, 0.6) is 0 Å². The first kappa shape index (κ1) is 28.7. The van der Waals surface area contributed by atoms with Gasteiger partial charge < -0.3 is 0 Å². The second-order valence-electron chi connectivity index (χ2n) is 27.8. The first-order chi connectivity index (χ1) is 24.5. The van der Waals surface area contributed by atoms with E-state index in [0.29, 0.717) is 10.6 Å². The fraction of sp³-hybridized carbons (Fsp3) is 1.00. The molecule has 8 aliphatic carbocycles. The van der Waals surface area contributed by atoms with Gasteiger partial charge in [-0.3, -0.25) is 0 Å². The number of nitrogens with one attached hydrogen (secondary N) is 2. The molecule has 0 aromatic rings. The summed E-state index contributed by atoms with van der Waals surface area (Å²) in [7, 11) is 4.31. The number of fused-ring (bicyclic) bond motifs is 10. The molecule has 2 N–H and O–H groups in total. The minimum atomic E-state index is -4.11. The van der Waals surface area contributed by atoms with Gasteiger partial charge in [-0.2, -0.15) is 0 Å². The molecule has 8 saturated carbocycles. The average Bonchev–Trinajstić information content (AvgIpc) is 4.06. The van der Waals surface area contributed by atoms with Crippen molar-refractivity contribution >= 4 is 17.2 Å². The van der Waals surface area contributed by atoms with Crippen LogP contribution in [0.1, 0.15) is 111 Å². The Labute approximate surface area is 303 Å². The Kier molecular flexibility index (Phi) is 2.95. The average molecular weight is 769 g/mol. The summed E-state index contributed by atoms with van der Waals surface area (Å²) in [4.78, 5) is 9.76. The molecule has 8 atom stereocenters. The summed E-state index contributed by atoms with van der Waals surface area (Å²) in [5.74, 6) is 11.2. The van der Waals surface area contributed by atoms with Gasteiger partial charge in [0.25, 0.3) is 0 Å². The molecule has 20 rings (SSSR count). The third-order valence-corrected chi connectivity index (χ3v) is 81.0. The molecular weight excluding hydrogens is 698 g/mol. The molecule has 8 bridgehead atoms. The first-order valence-corrected chi connectivity index (χ1v) is 32.0. The van der Waals surface area contributed by atoms with Crippen molar-refractivity contribution in [2.24, 2.45) is 64.6 Å². The fourth-order valence-electron chi connectivity index (χ4n) is 34.2. The quantitative estimate of drug-likeness (QED) is 0.199. The Bertz CT molecular complexity index is 2020. The minimum absolute atomic E-state index is 0.156. The van der Waals surface area contributed by atoms with E-state index in [1.165, 1.54) is 108 Å². The molecule has 5 heteroatoms. The second-order valence-corrected chi connectivity index (χ2v) is 54.3. The molecule has 12 heterocycles. The number of rotatable bonds is 7. The van der Waals surface area contributed by atoms with E-state index in [9.17, 15) is 0 Å². The van der Waals surface area contributed by atoms with Gasteiger partial charge in [-0.1, -0.05) is 0 Å². The van der Waals surface area contributed by atoms with E-state index < -0.39 is 6.51 Å². The van der Waals surface area contributed by atoms with Gasteiger partial charge in [0.2, 0.25) is 0 Å². The van der Waals surface area contributed by atoms with Gasteiger partial charge in [0, 0.05) is 0 Å². The molecule has 20 fully saturated rings. The molecule has 12 saturated heterocycles. The summed E-state index contributed by atoms with van der Waals surface area (Å²) >= 11 is 0. The fourth-order valence-corrected chi connectivity index (χ4v) is 128. The van der Waals surface area contributed by atoms with Crippen LogP contribution in [0.2, 0.25) is 46.7 Å². The molecule has 282 valence electrons. The molecule has 51 heavy (non-hydrogen) atoms. The Hall–Kier alpha value is 1.30. The Morgan fingerprint density at radius 3 is 1.41 bits per heavy atom. The van der Waals surface area contributed by atoms with E-state index in [1.54, 1.807) is 77.0 Å². The second kappa shape index (κ2) is 5.25. The normalized spacial score (nSPS) is 81.0. The van der Waals surface area contributed by atoms with Gasteiger partial charge >= 0.3 is 305 Å². The van der Waals surface area contributed by atoms with Gasteiger partial charge in [0.15, 0.2) is 0 Å². The predicted molar refractivity (Wildman–Crippen MR) is 211 cm³/mol. The van der Waals surface area contributed by atoms with Crippen LogP contribution < -0.4 is 10.6 Å². The molecular formula is C46H70FeN2P2. The number of hydrogen-bond donors (Lipinski definition) is 2. The summed E-state index contributed by atoms with van der Waals surface area (Å²) in [6, 6.07) is 0. The zero-order valence-corrected chi connectivity index (χ0v) is 35.4. The van der Waals surface area contributed by atoms with E-state index in [4.69, 9.17) is 0 Å². The molecule has 0 radical (unpaired) electrons. The Balaban J connectivity index is 0.895. The molecule has 20 aliphatic rings. The molecule has 0 aromatic heterocycles. The van der Waals surface area contributed by atoms with Crippen molar-refractivity contribution in [1.29, 1.82) is 0 Å². The van der Waals surface area contributed by atoms with Gasteiger partial charge in [0.05, 0.1) is 0 Å². The number of piperidine rings is 2. The molecule has 2 nitrogen and oxygen atoms in total. The van der Waals surface area contributed by atoms with Gasteiger partial charge in [0.1, 0.15) is 0 Å². The van der Waals surface area contributed by atoms with Crippen LogP contribution in [0.25, 0.3) is 0 Å². The SMILES string of the molecule is CC(C)(C)[C]12[CH]3[C]4(CP(C5C6CC7CC(C6)CC5C7)C5C6CC7CC(C6)CC5C7)[C]5(C(P)(C6CCCNC6)C6CCCNC6)[CH]1[Fe]34251678[CH]2[CH]1[CH]6[CH]7[CH]28. The predicted octanol–water partition coefficient (Wildman–Crippen LogP) is 11.3. The van der Waals surface area contributed by atoms with Crippen molar-refractivity contribution in [2.45, 2.75) is 174 Å². The van der Waals surface area contributed by atoms with E-state index >= 15 is 0 Å². The molecule has 0 aromatic carbocycles. The van der Waals surface area contributed by atoms with Crippen molar-refractivity contribution in [3.05, 3.63) is 0 Å². The van der Waals surface area contributed by atoms with Crippen LogP contribution in [0.15, 0.2) is 0 Å². The van der Waals surface area contributed by atoms with Crippen LogP contribution in [0.3, 0.4) is 0 Å². The maximum atomic E-state index is 4.15. The summed E-state index contributed by atoms with van der Waals surface area (Å²) in [5.41, 5.74) is 3.05. The zero-order valence-electron chi connectivity index (χ0n) is 32.3. The molecule has 8 unspecified atom stereocenters. The van der Waals surface area contributed by atoms with Crippen LogP contribution in [0, 0.1) is 64.6 Å². The summed E-state index contributed by atoms with van der Waals surface area (Å²) in [6.07, 6.45) is 24.9. The topological polar surface area (TPSA) is 24.1 Å². The maximum absolute atomic E-state index is 4.15. The molecule has 1 spiro atoms. The van der Waals surface area contributed by atoms with Crippen LogP contribution in [-0.2, 0) is 6.51 Å². The van der Waals surface area contributed by atoms with Gasteiger partial charge in [-0.15, -0.1) is 0 Å². The monoisotopic (exact) mass is 768 g/mol. The zero-order chi connectivity index (χ0) is 33.2. The first-order valence-electron chi connectivity index (χ1n) is 23.6. The standard InChI is InChI=1S/C41H65N2P2.C5H5.Fe/c1-40(2,3)36-20-33(37(21-36)41(44,34-6-4-8-42-22-34)35-7-5-9-43-23-35)24-45(38-29-12-25-10-26(14-29)15-30(38)13-25)39-31-16-27-11-28(18-31)19-32(39)17-27;1-2-4-5-3-1;/h20-21,25-32,34-35,38-39,42-43H,4-19,22-24,44H2,1-3H3;1-5H;. The van der Waals surface area contributed by atoms with Crippen molar-refractivity contribution in [2.75, 3.05) is 32.3 Å². The van der Waals surface area contributed by atoms with Crippen molar-refractivity contribution < 1.29 is 6.51 Å². The Morgan fingerprint density at radius 2 is 1.06 bits per heavy atom. The van der Waals surface area contributed by atoms with Crippen LogP contribution >= 0.6 is 17.2 Å². The van der Waals surface area contributed by atoms with Crippen LogP contribution in [0.4, 0.5) is 0 Å². The van der Waals surface area contributed by atoms with E-state index in [0.717, 1.165) is 48.4 Å². The van der Waals surface area contributed by atoms with Crippen molar-refractivity contribution in [1.82, 2.24) is 10.6 Å². The van der Waals surface area contributed by atoms with Crippen LogP contribution in [-0.4, -0.2) is 48.8 Å². The summed E-state index contributed by atoms with van der Waals surface area (Å²) in [5, 5.41) is 8.84. The van der Waals surface area contributed by atoms with Gasteiger partial charge in [-0.05, 0) is 0 Å². The molecule has 0 amide bonds. The van der Waals surface area contributed by atoms with E-state index in [2.05, 4.69) is 40.6 Å². The van der Waals surface area contributed by atoms with Gasteiger partial charge in [-0.25, -0.2) is 0 Å². The summed E-state index contributed by atoms with van der Waals surface area (Å²) < 4.78 is 2.82. The molecule has 12 aliphatic heterocycles. The van der Waals surface area contributed by atoms with E-state index in [1.807, 2.05) is 6.16 Å². The number of hydrogen-bond acceptors (Lipinski definition) is 2. The summed E-state index contributed by atoms with van der Waals surface area (Å²) in [6.45, 7) is 9.92. The third-order valence-electron chi connectivity index (χ3n) is 30.5. The third kappa shape index (κ3) is 0.982. The Morgan fingerprint density at radius 1 is 0.627 bits per heavy atom. The van der Waals surface area contributed by atoms with Crippen molar-refractivity contribution in [3.63, 3.8) is 0 Å².